The molecule has 0 aliphatic heterocycles. The largest absolute Gasteiger partial charge is 0.282 e. The zero-order valence-corrected chi connectivity index (χ0v) is 16.0. The summed E-state index contributed by atoms with van der Waals surface area (Å²) in [5, 5.41) is 7.09. The second-order valence-corrected chi connectivity index (χ2v) is 9.12. The first-order chi connectivity index (χ1) is 11.9. The lowest BCUT2D eigenvalue weighted by atomic mass is 10.0. The van der Waals surface area contributed by atoms with Crippen LogP contribution in [0.5, 0.6) is 0 Å². The van der Waals surface area contributed by atoms with Gasteiger partial charge in [-0.3, -0.25) is 5.10 Å². The number of H-pyrrole nitrogens is 1. The summed E-state index contributed by atoms with van der Waals surface area (Å²) in [4.78, 5) is 1.93. The summed E-state index contributed by atoms with van der Waals surface area (Å²) in [6.07, 6.45) is 0. The zero-order chi connectivity index (χ0) is 18.0. The smallest absolute Gasteiger partial charge is 0.241 e. The molecule has 132 valence electrons. The molecule has 0 radical (unpaired) electrons. The number of sulfonamides is 1. The molecule has 0 amide bonds. The van der Waals surface area contributed by atoms with Crippen LogP contribution in [0, 0.1) is 13.8 Å². The highest BCUT2D eigenvalue weighted by Gasteiger charge is 2.22. The molecule has 0 bridgehead atoms. The number of nitrogens with one attached hydrogen (secondary N) is 2. The molecule has 0 unspecified atom stereocenters. The number of hydrogen-bond acceptors (Lipinski definition) is 4. The van der Waals surface area contributed by atoms with Crippen LogP contribution in [0.4, 0.5) is 0 Å². The fraction of sp³-hybridized carbons (Fsp3) is 0.278. The van der Waals surface area contributed by atoms with Crippen LogP contribution in [0.1, 0.15) is 29.0 Å². The van der Waals surface area contributed by atoms with E-state index in [0.29, 0.717) is 11.4 Å². The Kier molecular flexibility index (Phi) is 5.08. The number of hydrogen-bond donors (Lipinski definition) is 2. The van der Waals surface area contributed by atoms with Crippen molar-refractivity contribution in [3.05, 3.63) is 58.6 Å². The lowest BCUT2D eigenvalue weighted by Crippen LogP contribution is -2.27. The molecule has 0 spiro atoms. The molecule has 0 aliphatic rings. The van der Waals surface area contributed by atoms with Gasteiger partial charge >= 0.3 is 0 Å². The lowest BCUT2D eigenvalue weighted by Gasteiger charge is -2.13. The van der Waals surface area contributed by atoms with E-state index >= 15 is 0 Å². The molecular weight excluding hydrogens is 354 g/mol. The molecular formula is C18H21N3O2S2. The van der Waals surface area contributed by atoms with Crippen LogP contribution in [0.25, 0.3) is 10.6 Å². The minimum atomic E-state index is -3.55. The molecule has 0 saturated carbocycles. The second kappa shape index (κ2) is 7.11. The Morgan fingerprint density at radius 1 is 1.20 bits per heavy atom. The van der Waals surface area contributed by atoms with Crippen LogP contribution < -0.4 is 4.72 Å². The summed E-state index contributed by atoms with van der Waals surface area (Å²) in [7, 11) is -3.55. The number of nitrogens with zero attached hydrogens (tertiary/aromatic N) is 1. The second-order valence-electron chi connectivity index (χ2n) is 6.13. The van der Waals surface area contributed by atoms with Crippen molar-refractivity contribution in [1.29, 1.82) is 0 Å². The monoisotopic (exact) mass is 375 g/mol. The summed E-state index contributed by atoms with van der Waals surface area (Å²) in [5.41, 5.74) is 2.82. The molecule has 0 fully saturated rings. The molecule has 2 N–H and O–H groups in total. The highest BCUT2D eigenvalue weighted by molar-refractivity contribution is 7.89. The summed E-state index contributed by atoms with van der Waals surface area (Å²) in [6, 6.07) is 13.5. The average molecular weight is 376 g/mol. The molecule has 0 saturated heterocycles. The number of aromatic nitrogens is 2. The third kappa shape index (κ3) is 4.00. The minimum Gasteiger partial charge on any atom is -0.282 e. The molecule has 5 nitrogen and oxygen atoms in total. The molecule has 0 aliphatic carbocycles. The van der Waals surface area contributed by atoms with Gasteiger partial charge in [0.05, 0.1) is 9.77 Å². The number of thiophene rings is 1. The topological polar surface area (TPSA) is 74.8 Å². The van der Waals surface area contributed by atoms with E-state index in [4.69, 9.17) is 0 Å². The van der Waals surface area contributed by atoms with Crippen LogP contribution >= 0.6 is 11.3 Å². The molecule has 3 rings (SSSR count). The van der Waals surface area contributed by atoms with Gasteiger partial charge in [0.15, 0.2) is 0 Å². The summed E-state index contributed by atoms with van der Waals surface area (Å²) < 4.78 is 28.1. The van der Waals surface area contributed by atoms with Gasteiger partial charge in [-0.25, -0.2) is 13.1 Å². The average Bonchev–Trinajstić information content (AvgIpc) is 3.19. The number of aryl methyl sites for hydroxylation is 2. The van der Waals surface area contributed by atoms with Crippen LogP contribution in [-0.2, 0) is 10.0 Å². The maximum absolute atomic E-state index is 12.7. The lowest BCUT2D eigenvalue weighted by molar-refractivity contribution is 0.575. The van der Waals surface area contributed by atoms with Crippen LogP contribution in [-0.4, -0.2) is 25.2 Å². The van der Waals surface area contributed by atoms with Crippen molar-refractivity contribution >= 4 is 21.4 Å². The normalized spacial score (nSPS) is 13.1. The highest BCUT2D eigenvalue weighted by atomic mass is 32.2. The Labute approximate surface area is 152 Å². The van der Waals surface area contributed by atoms with Gasteiger partial charge < -0.3 is 0 Å². The Hall–Kier alpha value is -1.96. The Balaban J connectivity index is 1.77. The first-order valence-corrected chi connectivity index (χ1v) is 10.3. The van der Waals surface area contributed by atoms with Crippen LogP contribution in [0.15, 0.2) is 47.4 Å². The van der Waals surface area contributed by atoms with Gasteiger partial charge in [-0.15, -0.1) is 11.3 Å². The van der Waals surface area contributed by atoms with Crippen molar-refractivity contribution < 1.29 is 8.42 Å². The van der Waals surface area contributed by atoms with E-state index in [-0.39, 0.29) is 5.92 Å². The van der Waals surface area contributed by atoms with E-state index in [2.05, 4.69) is 14.9 Å². The Morgan fingerprint density at radius 3 is 2.56 bits per heavy atom. The van der Waals surface area contributed by atoms with E-state index in [9.17, 15) is 8.42 Å². The van der Waals surface area contributed by atoms with Crippen LogP contribution in [0.3, 0.4) is 0 Å². The quantitative estimate of drug-likeness (QED) is 0.687. The maximum atomic E-state index is 12.7. The predicted octanol–water partition coefficient (Wildman–Crippen LogP) is 3.84. The number of benzene rings is 1. The summed E-state index contributed by atoms with van der Waals surface area (Å²) in [6.45, 7) is 6.11. The molecule has 2 aromatic heterocycles. The van der Waals surface area contributed by atoms with Crippen molar-refractivity contribution in [3.63, 3.8) is 0 Å². The van der Waals surface area contributed by atoms with Gasteiger partial charge in [0.1, 0.15) is 5.69 Å². The van der Waals surface area contributed by atoms with Gasteiger partial charge in [-0.2, -0.15) is 5.10 Å². The fourth-order valence-corrected chi connectivity index (χ4v) is 5.29. The molecule has 3 aromatic rings. The highest BCUT2D eigenvalue weighted by Crippen LogP contribution is 2.32. The zero-order valence-electron chi connectivity index (χ0n) is 14.4. The Bertz CT molecular complexity index is 959. The standard InChI is InChI=1S/C18H21N3O2S2/c1-12(15-7-5-4-6-8-15)11-19-25(22,23)18-10-17(24-14(18)3)16-9-13(2)20-21-16/h4-10,12,19H,11H2,1-3H3,(H,20,21)/t12-/m0/s1. The van der Waals surface area contributed by atoms with E-state index in [1.54, 1.807) is 6.07 Å². The minimum absolute atomic E-state index is 0.100. The van der Waals surface area contributed by atoms with Gasteiger partial charge in [-0.05, 0) is 37.5 Å². The van der Waals surface area contributed by atoms with Gasteiger partial charge in [0.25, 0.3) is 0 Å². The SMILES string of the molecule is Cc1cc(-c2cc(S(=O)(=O)NC[C@H](C)c3ccccc3)c(C)s2)n[nH]1. The molecule has 2 heterocycles. The van der Waals surface area contributed by atoms with E-state index in [1.807, 2.05) is 57.2 Å². The molecule has 7 heteroatoms. The number of rotatable bonds is 6. The molecule has 1 aromatic carbocycles. The first kappa shape index (κ1) is 17.8. The van der Waals surface area contributed by atoms with Crippen molar-refractivity contribution in [2.75, 3.05) is 6.54 Å². The van der Waals surface area contributed by atoms with Crippen LogP contribution in [0.2, 0.25) is 0 Å². The third-order valence-electron chi connectivity index (χ3n) is 4.07. The van der Waals surface area contributed by atoms with Crippen molar-refractivity contribution in [1.82, 2.24) is 14.9 Å². The van der Waals surface area contributed by atoms with Gasteiger partial charge in [0.2, 0.25) is 10.0 Å². The molecule has 1 atom stereocenters. The molecule has 25 heavy (non-hydrogen) atoms. The number of aromatic amines is 1. The van der Waals surface area contributed by atoms with Crippen molar-refractivity contribution in [3.8, 4) is 10.6 Å². The third-order valence-corrected chi connectivity index (χ3v) is 6.82. The van der Waals surface area contributed by atoms with Gasteiger partial charge in [-0.1, -0.05) is 37.3 Å². The van der Waals surface area contributed by atoms with Crippen molar-refractivity contribution in [2.24, 2.45) is 0 Å². The summed E-state index contributed by atoms with van der Waals surface area (Å²) in [5.74, 6) is 0.100. The summed E-state index contributed by atoms with van der Waals surface area (Å²) >= 11 is 1.44. The van der Waals surface area contributed by atoms with Gasteiger partial charge in [0, 0.05) is 17.1 Å². The van der Waals surface area contributed by atoms with E-state index in [1.165, 1.54) is 11.3 Å². The maximum Gasteiger partial charge on any atom is 0.241 e. The van der Waals surface area contributed by atoms with Crippen molar-refractivity contribution in [2.45, 2.75) is 31.6 Å². The Morgan fingerprint density at radius 2 is 1.92 bits per heavy atom. The predicted molar refractivity (Wildman–Crippen MR) is 101 cm³/mol. The van der Waals surface area contributed by atoms with E-state index < -0.39 is 10.0 Å². The fourth-order valence-electron chi connectivity index (χ4n) is 2.61. The van der Waals surface area contributed by atoms with E-state index in [0.717, 1.165) is 26.7 Å². The first-order valence-electron chi connectivity index (χ1n) is 8.04.